The van der Waals surface area contributed by atoms with Crippen LogP contribution in [0.1, 0.15) is 18.4 Å². The fourth-order valence-electron chi connectivity index (χ4n) is 3.28. The van der Waals surface area contributed by atoms with Crippen molar-refractivity contribution >= 4 is 34.5 Å². The molecule has 28 heavy (non-hydrogen) atoms. The zero-order valence-electron chi connectivity index (χ0n) is 15.2. The number of carbonyl (C=O) groups excluding carboxylic acids is 2. The second kappa shape index (κ2) is 7.98. The molecule has 0 unspecified atom stereocenters. The van der Waals surface area contributed by atoms with E-state index in [4.69, 9.17) is 0 Å². The van der Waals surface area contributed by atoms with Crippen LogP contribution in [0, 0.1) is 0 Å². The first-order valence-corrected chi connectivity index (χ1v) is 10.1. The fourth-order valence-corrected chi connectivity index (χ4v) is 4.15. The molecule has 0 spiro atoms. The summed E-state index contributed by atoms with van der Waals surface area (Å²) in [6.45, 7) is 0.844. The van der Waals surface area contributed by atoms with Crippen molar-refractivity contribution in [3.05, 3.63) is 70.5 Å². The third kappa shape index (κ3) is 3.71. The first kappa shape index (κ1) is 18.4. The van der Waals surface area contributed by atoms with Gasteiger partial charge >= 0.3 is 0 Å². The lowest BCUT2D eigenvalue weighted by Crippen LogP contribution is -2.33. The lowest BCUT2D eigenvalue weighted by molar-refractivity contribution is -0.140. The van der Waals surface area contributed by atoms with Crippen molar-refractivity contribution in [3.63, 3.8) is 0 Å². The van der Waals surface area contributed by atoms with Gasteiger partial charge in [0.15, 0.2) is 5.16 Å². The zero-order valence-corrected chi connectivity index (χ0v) is 16.0. The molecule has 0 N–H and O–H groups in total. The minimum absolute atomic E-state index is 0.0747. The number of para-hydroxylation sites is 1. The van der Waals surface area contributed by atoms with Gasteiger partial charge < -0.3 is 0 Å². The number of benzene rings is 2. The van der Waals surface area contributed by atoms with Gasteiger partial charge in [-0.25, -0.2) is 4.98 Å². The standard InChI is InChI=1S/C21H19N3O3S/c25-18-11-6-12-23(18)19(26)14-28-21-22-17-10-5-4-9-16(17)20(27)24(21)13-15-7-2-1-3-8-15/h1-5,7-10H,6,11-14H2. The van der Waals surface area contributed by atoms with Crippen LogP contribution in [0.25, 0.3) is 10.9 Å². The van der Waals surface area contributed by atoms with Crippen molar-refractivity contribution in [3.8, 4) is 0 Å². The molecule has 1 aliphatic rings. The van der Waals surface area contributed by atoms with Gasteiger partial charge in [0, 0.05) is 13.0 Å². The molecule has 1 saturated heterocycles. The Bertz CT molecular complexity index is 1090. The number of likely N-dealkylation sites (tertiary alicyclic amines) is 1. The Hall–Kier alpha value is -2.93. The summed E-state index contributed by atoms with van der Waals surface area (Å²) >= 11 is 1.20. The van der Waals surface area contributed by atoms with Crippen LogP contribution in [0.15, 0.2) is 64.5 Å². The molecular weight excluding hydrogens is 374 g/mol. The van der Waals surface area contributed by atoms with Crippen molar-refractivity contribution in [2.45, 2.75) is 24.5 Å². The van der Waals surface area contributed by atoms with E-state index in [-0.39, 0.29) is 23.1 Å². The number of rotatable bonds is 5. The first-order chi connectivity index (χ1) is 13.6. The van der Waals surface area contributed by atoms with Gasteiger partial charge in [0.2, 0.25) is 11.8 Å². The number of amides is 2. The molecule has 0 aliphatic carbocycles. The molecule has 1 fully saturated rings. The number of imide groups is 1. The molecule has 0 atom stereocenters. The van der Waals surface area contributed by atoms with Crippen LogP contribution in [-0.4, -0.2) is 38.6 Å². The molecule has 2 aromatic carbocycles. The van der Waals surface area contributed by atoms with E-state index in [2.05, 4.69) is 4.98 Å². The predicted octanol–water partition coefficient (Wildman–Crippen LogP) is 2.69. The smallest absolute Gasteiger partial charge is 0.262 e. The molecule has 6 nitrogen and oxygen atoms in total. The maximum Gasteiger partial charge on any atom is 0.262 e. The molecular formula is C21H19N3O3S. The minimum atomic E-state index is -0.235. The van der Waals surface area contributed by atoms with Gasteiger partial charge in [0.1, 0.15) is 0 Å². The van der Waals surface area contributed by atoms with E-state index in [1.165, 1.54) is 16.7 Å². The summed E-state index contributed by atoms with van der Waals surface area (Å²) in [5.74, 6) is -0.286. The third-order valence-corrected chi connectivity index (χ3v) is 5.67. The molecule has 0 saturated carbocycles. The molecule has 142 valence electrons. The quantitative estimate of drug-likeness (QED) is 0.492. The zero-order chi connectivity index (χ0) is 19.5. The van der Waals surface area contributed by atoms with Gasteiger partial charge in [-0.2, -0.15) is 0 Å². The number of carbonyl (C=O) groups is 2. The molecule has 1 aromatic heterocycles. The fraction of sp³-hybridized carbons (Fsp3) is 0.238. The number of hydrogen-bond acceptors (Lipinski definition) is 5. The van der Waals surface area contributed by atoms with Crippen LogP contribution in [0.3, 0.4) is 0 Å². The average molecular weight is 393 g/mol. The van der Waals surface area contributed by atoms with E-state index in [1.54, 1.807) is 16.7 Å². The molecule has 4 rings (SSSR count). The van der Waals surface area contributed by atoms with Crippen LogP contribution in [0.5, 0.6) is 0 Å². The average Bonchev–Trinajstić information content (AvgIpc) is 3.15. The highest BCUT2D eigenvalue weighted by Crippen LogP contribution is 2.21. The highest BCUT2D eigenvalue weighted by atomic mass is 32.2. The predicted molar refractivity (Wildman–Crippen MR) is 108 cm³/mol. The summed E-state index contributed by atoms with van der Waals surface area (Å²) in [4.78, 5) is 43.2. The number of fused-ring (bicyclic) bond motifs is 1. The molecule has 7 heteroatoms. The third-order valence-electron chi connectivity index (χ3n) is 4.71. The molecule has 3 aromatic rings. The van der Waals surface area contributed by atoms with E-state index in [0.29, 0.717) is 42.0 Å². The molecule has 2 amide bonds. The number of hydrogen-bond donors (Lipinski definition) is 0. The Balaban J connectivity index is 1.67. The van der Waals surface area contributed by atoms with E-state index >= 15 is 0 Å². The lowest BCUT2D eigenvalue weighted by atomic mass is 10.2. The van der Waals surface area contributed by atoms with Crippen LogP contribution in [0.4, 0.5) is 0 Å². The van der Waals surface area contributed by atoms with Crippen LogP contribution in [0.2, 0.25) is 0 Å². The van der Waals surface area contributed by atoms with Gasteiger partial charge in [-0.3, -0.25) is 23.9 Å². The SMILES string of the molecule is O=C1CCCN1C(=O)CSc1nc2ccccc2c(=O)n1Cc1ccccc1. The van der Waals surface area contributed by atoms with Crippen molar-refractivity contribution in [1.82, 2.24) is 14.5 Å². The van der Waals surface area contributed by atoms with Crippen molar-refractivity contribution < 1.29 is 9.59 Å². The Kier molecular flexibility index (Phi) is 5.25. The van der Waals surface area contributed by atoms with Gasteiger partial charge in [0.05, 0.1) is 23.2 Å². The molecule has 1 aliphatic heterocycles. The molecule has 2 heterocycles. The van der Waals surface area contributed by atoms with E-state index < -0.39 is 0 Å². The second-order valence-electron chi connectivity index (χ2n) is 6.62. The largest absolute Gasteiger partial charge is 0.283 e. The van der Waals surface area contributed by atoms with Crippen LogP contribution in [-0.2, 0) is 16.1 Å². The Morgan fingerprint density at radius 1 is 1.04 bits per heavy atom. The number of thioether (sulfide) groups is 1. The normalized spacial score (nSPS) is 14.0. The highest BCUT2D eigenvalue weighted by Gasteiger charge is 2.26. The molecule has 0 radical (unpaired) electrons. The maximum absolute atomic E-state index is 13.1. The van der Waals surface area contributed by atoms with E-state index in [0.717, 1.165) is 5.56 Å². The van der Waals surface area contributed by atoms with Crippen molar-refractivity contribution in [2.75, 3.05) is 12.3 Å². The van der Waals surface area contributed by atoms with Gasteiger partial charge in [0.25, 0.3) is 5.56 Å². The van der Waals surface area contributed by atoms with Gasteiger partial charge in [-0.1, -0.05) is 54.2 Å². The Morgan fingerprint density at radius 2 is 1.79 bits per heavy atom. The highest BCUT2D eigenvalue weighted by molar-refractivity contribution is 7.99. The first-order valence-electron chi connectivity index (χ1n) is 9.13. The minimum Gasteiger partial charge on any atom is -0.283 e. The summed E-state index contributed by atoms with van der Waals surface area (Å²) in [6.07, 6.45) is 1.13. The van der Waals surface area contributed by atoms with Crippen LogP contribution >= 0.6 is 11.8 Å². The number of aromatic nitrogens is 2. The summed E-state index contributed by atoms with van der Waals surface area (Å²) in [5.41, 5.74) is 1.44. The van der Waals surface area contributed by atoms with Gasteiger partial charge in [-0.05, 0) is 24.1 Å². The van der Waals surface area contributed by atoms with Crippen molar-refractivity contribution in [1.29, 1.82) is 0 Å². The summed E-state index contributed by atoms with van der Waals surface area (Å²) in [5, 5.41) is 1.02. The Morgan fingerprint density at radius 3 is 2.54 bits per heavy atom. The monoisotopic (exact) mass is 393 g/mol. The van der Waals surface area contributed by atoms with Crippen LogP contribution < -0.4 is 5.56 Å². The second-order valence-corrected chi connectivity index (χ2v) is 7.56. The Labute approximate surface area is 166 Å². The maximum atomic E-state index is 13.1. The summed E-state index contributed by atoms with van der Waals surface area (Å²) in [7, 11) is 0. The number of nitrogens with zero attached hydrogens (tertiary/aromatic N) is 3. The summed E-state index contributed by atoms with van der Waals surface area (Å²) in [6, 6.07) is 16.9. The van der Waals surface area contributed by atoms with Gasteiger partial charge in [-0.15, -0.1) is 0 Å². The topological polar surface area (TPSA) is 72.3 Å². The summed E-state index contributed by atoms with van der Waals surface area (Å²) < 4.78 is 1.60. The van der Waals surface area contributed by atoms with E-state index in [9.17, 15) is 14.4 Å². The molecule has 0 bridgehead atoms. The lowest BCUT2D eigenvalue weighted by Gasteiger charge is -2.15. The van der Waals surface area contributed by atoms with E-state index in [1.807, 2.05) is 42.5 Å². The van der Waals surface area contributed by atoms with Crippen molar-refractivity contribution in [2.24, 2.45) is 0 Å².